The first-order valence-electron chi connectivity index (χ1n) is 2.71. The Morgan fingerprint density at radius 2 is 2.56 bits per heavy atom. The Kier molecular flexibility index (Phi) is 4.25. The van der Waals surface area contributed by atoms with E-state index in [2.05, 4.69) is 11.9 Å². The van der Waals surface area contributed by atoms with Crippen LogP contribution in [0.4, 0.5) is 0 Å². The second-order valence-electron chi connectivity index (χ2n) is 1.60. The minimum atomic E-state index is 0.357. The van der Waals surface area contributed by atoms with Gasteiger partial charge in [-0.2, -0.15) is 5.26 Å². The van der Waals surface area contributed by atoms with E-state index in [0.29, 0.717) is 6.54 Å². The third-order valence-corrected chi connectivity index (χ3v) is 0.814. The van der Waals surface area contributed by atoms with E-state index in [1.165, 1.54) is 0 Å². The molecule has 0 atom stereocenters. The summed E-state index contributed by atoms with van der Waals surface area (Å²) in [5.41, 5.74) is 0.964. The van der Waals surface area contributed by atoms with Crippen LogP contribution in [-0.2, 0) is 0 Å². The Balaban J connectivity index is 3.51. The van der Waals surface area contributed by atoms with Crippen LogP contribution in [0, 0.1) is 11.3 Å². The van der Waals surface area contributed by atoms with Gasteiger partial charge in [-0.1, -0.05) is 12.7 Å². The number of hydrogen-bond donors (Lipinski definition) is 1. The van der Waals surface area contributed by atoms with Crippen LogP contribution in [0.2, 0.25) is 0 Å². The zero-order valence-electron chi connectivity index (χ0n) is 5.52. The molecule has 48 valence electrons. The van der Waals surface area contributed by atoms with Gasteiger partial charge in [0.05, 0.1) is 6.07 Å². The summed E-state index contributed by atoms with van der Waals surface area (Å²) in [6.07, 6.45) is 3.50. The molecule has 0 bridgehead atoms. The molecule has 0 fully saturated rings. The van der Waals surface area contributed by atoms with Gasteiger partial charge in [-0.25, -0.2) is 0 Å². The van der Waals surface area contributed by atoms with Gasteiger partial charge in [-0.05, 0) is 13.0 Å². The van der Waals surface area contributed by atoms with Crippen LogP contribution in [-0.4, -0.2) is 6.54 Å². The lowest BCUT2D eigenvalue weighted by molar-refractivity contribution is 0.912. The average molecular weight is 122 g/mol. The summed E-state index contributed by atoms with van der Waals surface area (Å²) in [6, 6.07) is 1.97. The molecule has 0 aromatic rings. The van der Waals surface area contributed by atoms with Crippen molar-refractivity contribution in [1.29, 1.82) is 5.26 Å². The molecule has 0 unspecified atom stereocenters. The molecule has 0 heterocycles. The van der Waals surface area contributed by atoms with E-state index in [1.807, 2.05) is 19.1 Å². The van der Waals surface area contributed by atoms with Crippen molar-refractivity contribution in [2.75, 3.05) is 6.54 Å². The van der Waals surface area contributed by atoms with Gasteiger partial charge in [0.25, 0.3) is 0 Å². The quantitative estimate of drug-likeness (QED) is 0.451. The number of hydrogen-bond acceptors (Lipinski definition) is 2. The number of nitriles is 1. The number of nitrogens with zero attached hydrogens (tertiary/aromatic N) is 1. The molecular formula is C7H10N2. The summed E-state index contributed by atoms with van der Waals surface area (Å²) in [4.78, 5) is 0. The Morgan fingerprint density at radius 1 is 1.89 bits per heavy atom. The molecule has 2 nitrogen and oxygen atoms in total. The van der Waals surface area contributed by atoms with Crippen LogP contribution < -0.4 is 5.32 Å². The highest BCUT2D eigenvalue weighted by atomic mass is 14.9. The van der Waals surface area contributed by atoms with Crippen LogP contribution >= 0.6 is 0 Å². The Bertz CT molecular complexity index is 151. The highest BCUT2D eigenvalue weighted by molar-refractivity contribution is 5.06. The molecule has 0 aliphatic heterocycles. The molecule has 0 aromatic carbocycles. The van der Waals surface area contributed by atoms with E-state index in [1.54, 1.807) is 6.08 Å². The fourth-order valence-corrected chi connectivity index (χ4v) is 0.415. The number of allylic oxidation sites excluding steroid dienone is 3. The van der Waals surface area contributed by atoms with Crippen molar-refractivity contribution in [2.45, 2.75) is 6.92 Å². The van der Waals surface area contributed by atoms with Crippen LogP contribution in [0.5, 0.6) is 0 Å². The molecule has 0 aliphatic carbocycles. The SMILES string of the molecule is C=C/C=C(\C)NCC#N. The lowest BCUT2D eigenvalue weighted by Gasteiger charge is -1.96. The monoisotopic (exact) mass is 122 g/mol. The maximum Gasteiger partial charge on any atom is 0.103 e. The normalized spacial score (nSPS) is 10.0. The molecule has 0 spiro atoms. The lowest BCUT2D eigenvalue weighted by Crippen LogP contribution is -2.09. The Labute approximate surface area is 55.5 Å². The van der Waals surface area contributed by atoms with Gasteiger partial charge >= 0.3 is 0 Å². The van der Waals surface area contributed by atoms with Gasteiger partial charge in [0, 0.05) is 5.70 Å². The van der Waals surface area contributed by atoms with Gasteiger partial charge < -0.3 is 5.32 Å². The molecular weight excluding hydrogens is 112 g/mol. The van der Waals surface area contributed by atoms with E-state index in [4.69, 9.17) is 5.26 Å². The molecule has 2 heteroatoms. The Morgan fingerprint density at radius 3 is 3.00 bits per heavy atom. The first-order chi connectivity index (χ1) is 4.31. The zero-order chi connectivity index (χ0) is 7.11. The van der Waals surface area contributed by atoms with Crippen LogP contribution in [0.25, 0.3) is 0 Å². The lowest BCUT2D eigenvalue weighted by atomic mass is 10.4. The fraction of sp³-hybridized carbons (Fsp3) is 0.286. The van der Waals surface area contributed by atoms with Gasteiger partial charge in [-0.15, -0.1) is 0 Å². The van der Waals surface area contributed by atoms with Gasteiger partial charge in [0.2, 0.25) is 0 Å². The third-order valence-electron chi connectivity index (χ3n) is 0.814. The first-order valence-corrected chi connectivity index (χ1v) is 2.71. The summed E-state index contributed by atoms with van der Waals surface area (Å²) < 4.78 is 0. The van der Waals surface area contributed by atoms with Gasteiger partial charge in [-0.3, -0.25) is 0 Å². The van der Waals surface area contributed by atoms with Crippen molar-refractivity contribution in [1.82, 2.24) is 5.32 Å². The predicted molar refractivity (Wildman–Crippen MR) is 37.6 cm³/mol. The summed E-state index contributed by atoms with van der Waals surface area (Å²) in [5.74, 6) is 0. The minimum absolute atomic E-state index is 0.357. The Hall–Kier alpha value is -1.23. The summed E-state index contributed by atoms with van der Waals surface area (Å²) >= 11 is 0. The standard InChI is InChI=1S/C7H10N2/c1-3-4-7(2)9-6-5-8/h3-4,9H,1,6H2,2H3/b7-4+. The third kappa shape index (κ3) is 4.63. The largest absolute Gasteiger partial charge is 0.376 e. The molecule has 0 radical (unpaired) electrons. The van der Waals surface area contributed by atoms with E-state index in [0.717, 1.165) is 5.70 Å². The summed E-state index contributed by atoms with van der Waals surface area (Å²) in [6.45, 7) is 5.75. The predicted octanol–water partition coefficient (Wildman–Crippen LogP) is 1.19. The smallest absolute Gasteiger partial charge is 0.103 e. The summed E-state index contributed by atoms with van der Waals surface area (Å²) in [7, 11) is 0. The van der Waals surface area contributed by atoms with Gasteiger partial charge in [0.15, 0.2) is 0 Å². The summed E-state index contributed by atoms with van der Waals surface area (Å²) in [5, 5.41) is 11.0. The van der Waals surface area contributed by atoms with Gasteiger partial charge in [0.1, 0.15) is 6.54 Å². The molecule has 0 saturated carbocycles. The second kappa shape index (κ2) is 4.92. The molecule has 0 saturated heterocycles. The highest BCUT2D eigenvalue weighted by Crippen LogP contribution is 1.83. The van der Waals surface area contributed by atoms with E-state index in [-0.39, 0.29) is 0 Å². The molecule has 9 heavy (non-hydrogen) atoms. The van der Waals surface area contributed by atoms with E-state index >= 15 is 0 Å². The molecule has 0 aliphatic rings. The van der Waals surface area contributed by atoms with Crippen molar-refractivity contribution in [2.24, 2.45) is 0 Å². The maximum atomic E-state index is 8.12. The topological polar surface area (TPSA) is 35.8 Å². The van der Waals surface area contributed by atoms with Crippen molar-refractivity contribution in [3.05, 3.63) is 24.4 Å². The van der Waals surface area contributed by atoms with E-state index in [9.17, 15) is 0 Å². The maximum absolute atomic E-state index is 8.12. The molecule has 0 aromatic heterocycles. The van der Waals surface area contributed by atoms with Crippen molar-refractivity contribution < 1.29 is 0 Å². The van der Waals surface area contributed by atoms with Crippen LogP contribution in [0.1, 0.15) is 6.92 Å². The van der Waals surface area contributed by atoms with Crippen molar-refractivity contribution in [3.8, 4) is 6.07 Å². The van der Waals surface area contributed by atoms with E-state index < -0.39 is 0 Å². The fourth-order valence-electron chi connectivity index (χ4n) is 0.415. The first kappa shape index (κ1) is 7.77. The number of nitrogens with one attached hydrogen (secondary N) is 1. The van der Waals surface area contributed by atoms with Crippen molar-refractivity contribution in [3.63, 3.8) is 0 Å². The molecule has 1 N–H and O–H groups in total. The molecule has 0 rings (SSSR count). The van der Waals surface area contributed by atoms with Crippen LogP contribution in [0.3, 0.4) is 0 Å². The van der Waals surface area contributed by atoms with Crippen molar-refractivity contribution >= 4 is 0 Å². The number of rotatable bonds is 3. The minimum Gasteiger partial charge on any atom is -0.376 e. The zero-order valence-corrected chi connectivity index (χ0v) is 5.52. The van der Waals surface area contributed by atoms with Crippen LogP contribution in [0.15, 0.2) is 24.4 Å². The second-order valence-corrected chi connectivity index (χ2v) is 1.60. The highest BCUT2D eigenvalue weighted by Gasteiger charge is 1.80. The molecule has 0 amide bonds. The average Bonchev–Trinajstić information content (AvgIpc) is 1.85.